The Morgan fingerprint density at radius 3 is 2.22 bits per heavy atom. The Morgan fingerprint density at radius 1 is 1.17 bits per heavy atom. The van der Waals surface area contributed by atoms with E-state index in [2.05, 4.69) is 39.9 Å². The largest absolute Gasteiger partial charge is 0.371 e. The molecule has 0 aliphatic heterocycles. The van der Waals surface area contributed by atoms with Gasteiger partial charge in [-0.25, -0.2) is 0 Å². The molecule has 0 radical (unpaired) electrons. The Bertz CT molecular complexity index is 219. The van der Waals surface area contributed by atoms with Crippen LogP contribution >= 0.6 is 0 Å². The Labute approximate surface area is 114 Å². The van der Waals surface area contributed by atoms with Gasteiger partial charge < -0.3 is 10.1 Å². The quantitative estimate of drug-likeness (QED) is 0.742. The van der Waals surface area contributed by atoms with E-state index in [4.69, 9.17) is 4.74 Å². The molecule has 2 heteroatoms. The highest BCUT2D eigenvalue weighted by Gasteiger charge is 2.37. The predicted octanol–water partition coefficient (Wildman–Crippen LogP) is 4.00. The standard InChI is InChI=1S/C16H33NO/c1-6-14(5)18-16(12-17-7-2)10-8-15(9-11-16)13(3)4/h13-15,17H,6-12H2,1-5H3. The maximum absolute atomic E-state index is 6.40. The van der Waals surface area contributed by atoms with Crippen LogP contribution in [0.2, 0.25) is 0 Å². The van der Waals surface area contributed by atoms with E-state index in [0.717, 1.165) is 31.3 Å². The van der Waals surface area contributed by atoms with E-state index in [1.165, 1.54) is 25.7 Å². The molecule has 1 aliphatic rings. The first-order valence-electron chi connectivity index (χ1n) is 7.91. The molecule has 0 aromatic rings. The highest BCUT2D eigenvalue weighted by atomic mass is 16.5. The van der Waals surface area contributed by atoms with Gasteiger partial charge in [-0.05, 0) is 57.4 Å². The van der Waals surface area contributed by atoms with E-state index in [1.807, 2.05) is 0 Å². The molecule has 1 N–H and O–H groups in total. The van der Waals surface area contributed by atoms with E-state index < -0.39 is 0 Å². The second-order valence-corrected chi connectivity index (χ2v) is 6.38. The first-order valence-corrected chi connectivity index (χ1v) is 7.91. The van der Waals surface area contributed by atoms with Crippen molar-refractivity contribution in [3.63, 3.8) is 0 Å². The van der Waals surface area contributed by atoms with Crippen LogP contribution in [-0.2, 0) is 4.74 Å². The first kappa shape index (κ1) is 16.0. The van der Waals surface area contributed by atoms with Crippen LogP contribution in [-0.4, -0.2) is 24.8 Å². The SMILES string of the molecule is CCNCC1(OC(C)CC)CCC(C(C)C)CC1. The number of ether oxygens (including phenoxy) is 1. The lowest BCUT2D eigenvalue weighted by molar-refractivity contribution is -0.114. The molecule has 1 atom stereocenters. The molecule has 0 amide bonds. The van der Waals surface area contributed by atoms with Crippen molar-refractivity contribution in [3.8, 4) is 0 Å². The molecule has 18 heavy (non-hydrogen) atoms. The Balaban J connectivity index is 2.57. The molecule has 1 fully saturated rings. The average molecular weight is 255 g/mol. The Morgan fingerprint density at radius 2 is 1.78 bits per heavy atom. The third-order valence-corrected chi connectivity index (χ3v) is 4.61. The highest BCUT2D eigenvalue weighted by molar-refractivity contribution is 4.90. The number of nitrogens with one attached hydrogen (secondary N) is 1. The summed E-state index contributed by atoms with van der Waals surface area (Å²) in [6.07, 6.45) is 6.63. The normalized spacial score (nSPS) is 30.7. The minimum Gasteiger partial charge on any atom is -0.371 e. The van der Waals surface area contributed by atoms with Gasteiger partial charge in [-0.15, -0.1) is 0 Å². The van der Waals surface area contributed by atoms with Crippen LogP contribution in [0.1, 0.15) is 66.7 Å². The zero-order valence-corrected chi connectivity index (χ0v) is 13.1. The zero-order chi connectivity index (χ0) is 13.6. The van der Waals surface area contributed by atoms with Crippen molar-refractivity contribution < 1.29 is 4.74 Å². The molecule has 1 saturated carbocycles. The minimum absolute atomic E-state index is 0.108. The fraction of sp³-hybridized carbons (Fsp3) is 1.00. The van der Waals surface area contributed by atoms with Crippen LogP contribution in [0.5, 0.6) is 0 Å². The summed E-state index contributed by atoms with van der Waals surface area (Å²) in [6, 6.07) is 0. The number of hydrogen-bond donors (Lipinski definition) is 1. The topological polar surface area (TPSA) is 21.3 Å². The molecule has 0 saturated heterocycles. The number of hydrogen-bond acceptors (Lipinski definition) is 2. The Kier molecular flexibility index (Phi) is 6.65. The molecule has 0 aromatic carbocycles. The van der Waals surface area contributed by atoms with Crippen LogP contribution < -0.4 is 5.32 Å². The van der Waals surface area contributed by atoms with Crippen molar-refractivity contribution in [2.45, 2.75) is 78.4 Å². The lowest BCUT2D eigenvalue weighted by Crippen LogP contribution is -2.48. The van der Waals surface area contributed by atoms with Gasteiger partial charge in [0.25, 0.3) is 0 Å². The monoisotopic (exact) mass is 255 g/mol. The van der Waals surface area contributed by atoms with Crippen LogP contribution in [0, 0.1) is 11.8 Å². The van der Waals surface area contributed by atoms with Gasteiger partial charge in [0.15, 0.2) is 0 Å². The summed E-state index contributed by atoms with van der Waals surface area (Å²) in [5.41, 5.74) is 0.108. The van der Waals surface area contributed by atoms with Gasteiger partial charge in [-0.3, -0.25) is 0 Å². The summed E-state index contributed by atoms with van der Waals surface area (Å²) in [7, 11) is 0. The molecule has 0 spiro atoms. The fourth-order valence-electron chi connectivity index (χ4n) is 3.03. The lowest BCUT2D eigenvalue weighted by atomic mass is 9.74. The van der Waals surface area contributed by atoms with Gasteiger partial charge in [0, 0.05) is 6.54 Å². The summed E-state index contributed by atoms with van der Waals surface area (Å²) in [6.45, 7) is 13.4. The second-order valence-electron chi connectivity index (χ2n) is 6.38. The maximum Gasteiger partial charge on any atom is 0.0810 e. The molecule has 1 aliphatic carbocycles. The zero-order valence-electron chi connectivity index (χ0n) is 13.1. The number of likely N-dealkylation sites (N-methyl/N-ethyl adjacent to an activating group) is 1. The van der Waals surface area contributed by atoms with Gasteiger partial charge in [0.2, 0.25) is 0 Å². The molecule has 0 aromatic heterocycles. The summed E-state index contributed by atoms with van der Waals surface area (Å²) in [4.78, 5) is 0. The van der Waals surface area contributed by atoms with E-state index >= 15 is 0 Å². The maximum atomic E-state index is 6.40. The van der Waals surface area contributed by atoms with Crippen molar-refractivity contribution in [1.29, 1.82) is 0 Å². The molecule has 0 heterocycles. The highest BCUT2D eigenvalue weighted by Crippen LogP contribution is 2.38. The molecule has 108 valence electrons. The third kappa shape index (κ3) is 4.55. The van der Waals surface area contributed by atoms with E-state index in [9.17, 15) is 0 Å². The molecule has 0 bridgehead atoms. The van der Waals surface area contributed by atoms with E-state index in [1.54, 1.807) is 0 Å². The molecular weight excluding hydrogens is 222 g/mol. The van der Waals surface area contributed by atoms with Crippen LogP contribution in [0.25, 0.3) is 0 Å². The second kappa shape index (κ2) is 7.49. The average Bonchev–Trinajstić information content (AvgIpc) is 2.37. The van der Waals surface area contributed by atoms with Gasteiger partial charge in [0.05, 0.1) is 11.7 Å². The smallest absolute Gasteiger partial charge is 0.0810 e. The fourth-order valence-corrected chi connectivity index (χ4v) is 3.03. The summed E-state index contributed by atoms with van der Waals surface area (Å²) in [5.74, 6) is 1.73. The molecule has 1 rings (SSSR count). The van der Waals surface area contributed by atoms with Crippen molar-refractivity contribution in [1.82, 2.24) is 5.32 Å². The summed E-state index contributed by atoms with van der Waals surface area (Å²) in [5, 5.41) is 3.51. The van der Waals surface area contributed by atoms with Crippen LogP contribution in [0.15, 0.2) is 0 Å². The van der Waals surface area contributed by atoms with Crippen molar-refractivity contribution in [2.75, 3.05) is 13.1 Å². The van der Waals surface area contributed by atoms with E-state index in [-0.39, 0.29) is 5.60 Å². The molecule has 1 unspecified atom stereocenters. The van der Waals surface area contributed by atoms with Crippen molar-refractivity contribution in [3.05, 3.63) is 0 Å². The van der Waals surface area contributed by atoms with Gasteiger partial charge >= 0.3 is 0 Å². The first-order chi connectivity index (χ1) is 8.53. The van der Waals surface area contributed by atoms with Crippen LogP contribution in [0.3, 0.4) is 0 Å². The number of rotatable bonds is 7. The lowest BCUT2D eigenvalue weighted by Gasteiger charge is -2.43. The van der Waals surface area contributed by atoms with E-state index in [0.29, 0.717) is 6.10 Å². The summed E-state index contributed by atoms with van der Waals surface area (Å²) >= 11 is 0. The van der Waals surface area contributed by atoms with Gasteiger partial charge in [-0.2, -0.15) is 0 Å². The van der Waals surface area contributed by atoms with Gasteiger partial charge in [-0.1, -0.05) is 27.7 Å². The Hall–Kier alpha value is -0.0800. The predicted molar refractivity (Wildman–Crippen MR) is 78.9 cm³/mol. The third-order valence-electron chi connectivity index (χ3n) is 4.61. The van der Waals surface area contributed by atoms with Crippen molar-refractivity contribution >= 4 is 0 Å². The van der Waals surface area contributed by atoms with Crippen molar-refractivity contribution in [2.24, 2.45) is 11.8 Å². The minimum atomic E-state index is 0.108. The van der Waals surface area contributed by atoms with Gasteiger partial charge in [0.1, 0.15) is 0 Å². The summed E-state index contributed by atoms with van der Waals surface area (Å²) < 4.78 is 6.40. The molecular formula is C16H33NO. The molecule has 2 nitrogen and oxygen atoms in total. The van der Waals surface area contributed by atoms with Crippen LogP contribution in [0.4, 0.5) is 0 Å².